The fourth-order valence-corrected chi connectivity index (χ4v) is 1.66. The summed E-state index contributed by atoms with van der Waals surface area (Å²) >= 11 is 2.29. The van der Waals surface area contributed by atoms with E-state index in [4.69, 9.17) is 0 Å². The minimum Gasteiger partial charge on any atom is -0.247 e. The molecule has 0 aromatic heterocycles. The third kappa shape index (κ3) is 2.30. The lowest BCUT2D eigenvalue weighted by atomic mass is 10.1. The molecule has 64 valence electrons. The summed E-state index contributed by atoms with van der Waals surface area (Å²) in [6, 6.07) is 0. The van der Waals surface area contributed by atoms with E-state index in [0.29, 0.717) is 0 Å². The van der Waals surface area contributed by atoms with Crippen molar-refractivity contribution in [2.24, 2.45) is 4.99 Å². The second-order valence-electron chi connectivity index (χ2n) is 2.60. The van der Waals surface area contributed by atoms with Crippen LogP contribution in [0.1, 0.15) is 19.8 Å². The zero-order chi connectivity index (χ0) is 8.97. The van der Waals surface area contributed by atoms with Crippen LogP contribution in [0.15, 0.2) is 41.1 Å². The molecule has 2 heteroatoms. The summed E-state index contributed by atoms with van der Waals surface area (Å²) in [6.45, 7) is 5.78. The maximum absolute atomic E-state index is 4.45. The Hall–Kier alpha value is -0.380. The first kappa shape index (κ1) is 9.71. The number of aliphatic imine (C=N–C) groups is 1. The number of rotatable bonds is 2. The van der Waals surface area contributed by atoms with Crippen molar-refractivity contribution in [3.63, 3.8) is 0 Å². The molecule has 1 rings (SSSR count). The Balaban J connectivity index is 3.00. The molecule has 0 bridgehead atoms. The zero-order valence-electron chi connectivity index (χ0n) is 7.18. The first-order valence-electron chi connectivity index (χ1n) is 3.99. The molecule has 1 heterocycles. The monoisotopic (exact) mass is 273 g/mol. The molecule has 0 atom stereocenters. The van der Waals surface area contributed by atoms with E-state index in [1.165, 1.54) is 9.29 Å². The van der Waals surface area contributed by atoms with Crippen LogP contribution in [0.2, 0.25) is 0 Å². The Labute approximate surface area is 87.1 Å². The zero-order valence-corrected chi connectivity index (χ0v) is 9.34. The van der Waals surface area contributed by atoms with Gasteiger partial charge in [0.1, 0.15) is 0 Å². The van der Waals surface area contributed by atoms with Crippen molar-refractivity contribution in [3.8, 4) is 0 Å². The van der Waals surface area contributed by atoms with Crippen molar-refractivity contribution in [2.75, 3.05) is 0 Å². The van der Waals surface area contributed by atoms with Crippen LogP contribution < -0.4 is 0 Å². The van der Waals surface area contributed by atoms with E-state index >= 15 is 0 Å². The number of halogens is 1. The van der Waals surface area contributed by atoms with E-state index < -0.39 is 0 Å². The van der Waals surface area contributed by atoms with Gasteiger partial charge in [0.05, 0.1) is 9.42 Å². The summed E-state index contributed by atoms with van der Waals surface area (Å²) in [7, 11) is 0. The van der Waals surface area contributed by atoms with Crippen molar-refractivity contribution in [1.82, 2.24) is 0 Å². The Bertz CT molecular complexity index is 272. The van der Waals surface area contributed by atoms with Crippen molar-refractivity contribution in [2.45, 2.75) is 19.8 Å². The first-order chi connectivity index (χ1) is 5.77. The largest absolute Gasteiger partial charge is 0.247 e. The van der Waals surface area contributed by atoms with Gasteiger partial charge < -0.3 is 0 Å². The quantitative estimate of drug-likeness (QED) is 0.681. The summed E-state index contributed by atoms with van der Waals surface area (Å²) in [5.74, 6) is 0. The fourth-order valence-electron chi connectivity index (χ4n) is 1.13. The van der Waals surface area contributed by atoms with Gasteiger partial charge in [-0.15, -0.1) is 0 Å². The maximum Gasteiger partial charge on any atom is 0.0794 e. The van der Waals surface area contributed by atoms with Crippen molar-refractivity contribution in [3.05, 3.63) is 36.1 Å². The molecule has 0 aromatic carbocycles. The number of allylic oxidation sites excluding steroid dienone is 4. The van der Waals surface area contributed by atoms with Gasteiger partial charge >= 0.3 is 0 Å². The number of hydrogen-bond donors (Lipinski definition) is 0. The topological polar surface area (TPSA) is 12.4 Å². The molecule has 0 radical (unpaired) electrons. The van der Waals surface area contributed by atoms with Crippen LogP contribution in [0.25, 0.3) is 0 Å². The predicted molar refractivity (Wildman–Crippen MR) is 62.7 cm³/mol. The normalized spacial score (nSPS) is 18.3. The van der Waals surface area contributed by atoms with Gasteiger partial charge in [-0.05, 0) is 54.0 Å². The first-order valence-corrected chi connectivity index (χ1v) is 5.07. The van der Waals surface area contributed by atoms with E-state index in [9.17, 15) is 0 Å². The molecule has 0 N–H and O–H groups in total. The van der Waals surface area contributed by atoms with Crippen LogP contribution in [0.4, 0.5) is 0 Å². The van der Waals surface area contributed by atoms with E-state index in [2.05, 4.69) is 34.2 Å². The van der Waals surface area contributed by atoms with Gasteiger partial charge in [-0.3, -0.25) is 0 Å². The highest BCUT2D eigenvalue weighted by Gasteiger charge is 2.08. The van der Waals surface area contributed by atoms with Crippen LogP contribution in [-0.2, 0) is 0 Å². The SMILES string of the molecule is C=CC1=C(/C=C\C)N=C(I)CC1. The van der Waals surface area contributed by atoms with Crippen LogP contribution in [-0.4, -0.2) is 3.72 Å². The highest BCUT2D eigenvalue weighted by Crippen LogP contribution is 2.23. The molecule has 1 aliphatic heterocycles. The molecular weight excluding hydrogens is 261 g/mol. The smallest absolute Gasteiger partial charge is 0.0794 e. The average molecular weight is 273 g/mol. The van der Waals surface area contributed by atoms with Gasteiger partial charge in [-0.1, -0.05) is 18.7 Å². The summed E-state index contributed by atoms with van der Waals surface area (Å²) in [5, 5.41) is 0. The summed E-state index contributed by atoms with van der Waals surface area (Å²) in [4.78, 5) is 4.45. The Kier molecular flexibility index (Phi) is 3.72. The van der Waals surface area contributed by atoms with Gasteiger partial charge in [0.15, 0.2) is 0 Å². The minimum absolute atomic E-state index is 1.06. The Morgan fingerprint density at radius 3 is 2.83 bits per heavy atom. The second-order valence-corrected chi connectivity index (χ2v) is 3.85. The lowest BCUT2D eigenvalue weighted by molar-refractivity contribution is 1.00. The molecular formula is C10H12IN. The average Bonchev–Trinajstić information content (AvgIpc) is 2.05. The molecule has 0 unspecified atom stereocenters. The third-order valence-corrected chi connectivity index (χ3v) is 2.52. The highest BCUT2D eigenvalue weighted by molar-refractivity contribution is 14.1. The van der Waals surface area contributed by atoms with Gasteiger partial charge in [-0.25, -0.2) is 4.99 Å². The molecule has 1 aliphatic rings. The number of nitrogens with zero attached hydrogens (tertiary/aromatic N) is 1. The Morgan fingerprint density at radius 1 is 1.50 bits per heavy atom. The molecule has 0 amide bonds. The predicted octanol–water partition coefficient (Wildman–Crippen LogP) is 3.63. The maximum atomic E-state index is 4.45. The lowest BCUT2D eigenvalue weighted by Gasteiger charge is -2.11. The van der Waals surface area contributed by atoms with Crippen LogP contribution in [0.3, 0.4) is 0 Å². The second kappa shape index (κ2) is 4.60. The van der Waals surface area contributed by atoms with Crippen LogP contribution in [0.5, 0.6) is 0 Å². The molecule has 0 aromatic rings. The van der Waals surface area contributed by atoms with E-state index in [-0.39, 0.29) is 0 Å². The molecule has 0 saturated heterocycles. The van der Waals surface area contributed by atoms with E-state index in [1.54, 1.807) is 0 Å². The minimum atomic E-state index is 1.06. The lowest BCUT2D eigenvalue weighted by Crippen LogP contribution is -1.98. The van der Waals surface area contributed by atoms with Crippen molar-refractivity contribution >= 4 is 26.3 Å². The van der Waals surface area contributed by atoms with Crippen molar-refractivity contribution < 1.29 is 0 Å². The van der Waals surface area contributed by atoms with Gasteiger partial charge in [-0.2, -0.15) is 0 Å². The molecule has 0 fully saturated rings. The highest BCUT2D eigenvalue weighted by atomic mass is 127. The molecule has 1 nitrogen and oxygen atoms in total. The van der Waals surface area contributed by atoms with Gasteiger partial charge in [0.2, 0.25) is 0 Å². The fraction of sp³-hybridized carbons (Fsp3) is 0.300. The van der Waals surface area contributed by atoms with Crippen LogP contribution in [0, 0.1) is 0 Å². The molecule has 0 aliphatic carbocycles. The van der Waals surface area contributed by atoms with E-state index in [1.807, 2.05) is 25.2 Å². The third-order valence-electron chi connectivity index (χ3n) is 1.74. The van der Waals surface area contributed by atoms with Crippen LogP contribution >= 0.6 is 22.6 Å². The number of hydrogen-bond acceptors (Lipinski definition) is 1. The standard InChI is InChI=1S/C10H12IN/c1-3-5-9-8(4-2)6-7-10(11)12-9/h3-5H,2,6-7H2,1H3/b5-3-. The molecule has 12 heavy (non-hydrogen) atoms. The van der Waals surface area contributed by atoms with Gasteiger partial charge in [0.25, 0.3) is 0 Å². The van der Waals surface area contributed by atoms with Gasteiger partial charge in [0, 0.05) is 0 Å². The van der Waals surface area contributed by atoms with E-state index in [0.717, 1.165) is 18.5 Å². The molecule has 0 saturated carbocycles. The summed E-state index contributed by atoms with van der Waals surface area (Å²) in [6.07, 6.45) is 8.09. The molecule has 0 spiro atoms. The summed E-state index contributed by atoms with van der Waals surface area (Å²) in [5.41, 5.74) is 2.33. The van der Waals surface area contributed by atoms with Crippen molar-refractivity contribution in [1.29, 1.82) is 0 Å². The summed E-state index contributed by atoms with van der Waals surface area (Å²) < 4.78 is 1.19. The Morgan fingerprint density at radius 2 is 2.25 bits per heavy atom.